The van der Waals surface area contributed by atoms with Gasteiger partial charge in [-0.2, -0.15) is 0 Å². The monoisotopic (exact) mass is 452 g/mol. The van der Waals surface area contributed by atoms with Gasteiger partial charge in [0.05, 0.1) is 11.5 Å². The molecule has 0 radical (unpaired) electrons. The molecule has 0 aliphatic carbocycles. The number of aromatic nitrogens is 3. The Hall–Kier alpha value is -4.20. The number of anilines is 2. The minimum atomic E-state index is -0.332. The fourth-order valence-corrected chi connectivity index (χ4v) is 5.14. The van der Waals surface area contributed by atoms with Crippen LogP contribution in [0.5, 0.6) is 0 Å². The SMILES string of the molecule is O=[N+]([O-])c1c(N2CC=C(c3ccccc3)CC2)ncnc1N1CCc2c([nH]c3ccccc23)C1. The molecular formula is C26H24N6O2. The summed E-state index contributed by atoms with van der Waals surface area (Å²) in [6, 6.07) is 18.5. The van der Waals surface area contributed by atoms with Gasteiger partial charge in [0.15, 0.2) is 0 Å². The molecule has 0 saturated carbocycles. The van der Waals surface area contributed by atoms with E-state index in [9.17, 15) is 10.1 Å². The van der Waals surface area contributed by atoms with Crippen LogP contribution >= 0.6 is 0 Å². The van der Waals surface area contributed by atoms with E-state index in [4.69, 9.17) is 0 Å². The van der Waals surface area contributed by atoms with Crippen molar-refractivity contribution in [3.05, 3.63) is 93.9 Å². The molecule has 8 nitrogen and oxygen atoms in total. The highest BCUT2D eigenvalue weighted by Gasteiger charge is 2.32. The van der Waals surface area contributed by atoms with Crippen LogP contribution in [-0.2, 0) is 13.0 Å². The quantitative estimate of drug-likeness (QED) is 0.356. The minimum Gasteiger partial charge on any atom is -0.357 e. The van der Waals surface area contributed by atoms with E-state index in [-0.39, 0.29) is 10.6 Å². The molecule has 4 aromatic rings. The first-order valence-electron chi connectivity index (χ1n) is 11.5. The van der Waals surface area contributed by atoms with Gasteiger partial charge in [-0.1, -0.05) is 54.6 Å². The van der Waals surface area contributed by atoms with Crippen LogP contribution in [0.3, 0.4) is 0 Å². The van der Waals surface area contributed by atoms with Crippen LogP contribution in [0.4, 0.5) is 17.3 Å². The predicted octanol–water partition coefficient (Wildman–Crippen LogP) is 4.72. The van der Waals surface area contributed by atoms with Gasteiger partial charge in [0, 0.05) is 36.2 Å². The van der Waals surface area contributed by atoms with Gasteiger partial charge in [-0.05, 0) is 35.6 Å². The van der Waals surface area contributed by atoms with Gasteiger partial charge in [0.2, 0.25) is 11.6 Å². The van der Waals surface area contributed by atoms with Crippen LogP contribution in [0, 0.1) is 10.1 Å². The van der Waals surface area contributed by atoms with Crippen molar-refractivity contribution in [3.8, 4) is 0 Å². The van der Waals surface area contributed by atoms with Crippen molar-refractivity contribution in [2.45, 2.75) is 19.4 Å². The summed E-state index contributed by atoms with van der Waals surface area (Å²) in [7, 11) is 0. The molecule has 2 aliphatic heterocycles. The first kappa shape index (κ1) is 20.4. The Balaban J connectivity index is 1.31. The van der Waals surface area contributed by atoms with Crippen molar-refractivity contribution in [2.24, 2.45) is 0 Å². The van der Waals surface area contributed by atoms with Crippen LogP contribution in [0.2, 0.25) is 0 Å². The number of para-hydroxylation sites is 1. The third-order valence-electron chi connectivity index (χ3n) is 6.80. The summed E-state index contributed by atoms with van der Waals surface area (Å²) < 4.78 is 0. The van der Waals surface area contributed by atoms with Gasteiger partial charge < -0.3 is 14.8 Å². The molecule has 0 unspecified atom stereocenters. The van der Waals surface area contributed by atoms with Crippen molar-refractivity contribution in [1.82, 2.24) is 15.0 Å². The zero-order valence-electron chi connectivity index (χ0n) is 18.6. The zero-order chi connectivity index (χ0) is 23.1. The Bertz CT molecular complexity index is 1410. The number of benzene rings is 2. The molecule has 4 heterocycles. The van der Waals surface area contributed by atoms with Gasteiger partial charge in [-0.25, -0.2) is 9.97 Å². The molecule has 1 N–H and O–H groups in total. The predicted molar refractivity (Wildman–Crippen MR) is 133 cm³/mol. The molecule has 0 bridgehead atoms. The Labute approximate surface area is 196 Å². The molecule has 0 saturated heterocycles. The Morgan fingerprint density at radius 1 is 0.912 bits per heavy atom. The average molecular weight is 453 g/mol. The fraction of sp³-hybridized carbons (Fsp3) is 0.231. The lowest BCUT2D eigenvalue weighted by atomic mass is 9.99. The number of aromatic amines is 1. The topological polar surface area (TPSA) is 91.2 Å². The number of H-pyrrole nitrogens is 1. The maximum Gasteiger partial charge on any atom is 0.353 e. The summed E-state index contributed by atoms with van der Waals surface area (Å²) in [5.74, 6) is 0.776. The zero-order valence-corrected chi connectivity index (χ0v) is 18.6. The normalized spacial score (nSPS) is 15.8. The highest BCUT2D eigenvalue weighted by Crippen LogP contribution is 2.38. The summed E-state index contributed by atoms with van der Waals surface area (Å²) >= 11 is 0. The Morgan fingerprint density at radius 2 is 1.65 bits per heavy atom. The van der Waals surface area contributed by atoms with Crippen LogP contribution < -0.4 is 9.80 Å². The second-order valence-corrected chi connectivity index (χ2v) is 8.72. The molecule has 2 aromatic heterocycles. The first-order chi connectivity index (χ1) is 16.7. The number of fused-ring (bicyclic) bond motifs is 3. The van der Waals surface area contributed by atoms with E-state index in [0.29, 0.717) is 37.8 Å². The molecule has 0 spiro atoms. The van der Waals surface area contributed by atoms with Crippen LogP contribution in [-0.4, -0.2) is 39.5 Å². The highest BCUT2D eigenvalue weighted by molar-refractivity contribution is 5.85. The summed E-state index contributed by atoms with van der Waals surface area (Å²) in [4.78, 5) is 28.1. The number of nitro groups is 1. The molecule has 170 valence electrons. The second kappa shape index (κ2) is 8.30. The van der Waals surface area contributed by atoms with Gasteiger partial charge in [-0.15, -0.1) is 0 Å². The summed E-state index contributed by atoms with van der Waals surface area (Å²) in [5, 5.41) is 13.5. The van der Waals surface area contributed by atoms with Crippen LogP contribution in [0.1, 0.15) is 23.2 Å². The number of hydrogen-bond acceptors (Lipinski definition) is 6. The first-order valence-corrected chi connectivity index (χ1v) is 11.5. The molecule has 6 rings (SSSR count). The van der Waals surface area contributed by atoms with E-state index in [2.05, 4.69) is 45.3 Å². The number of nitrogens with one attached hydrogen (secondary N) is 1. The standard InChI is InChI=1S/C26H24N6O2/c33-32(34)24-25(30-13-10-19(11-14-30)18-6-2-1-3-7-18)27-17-28-26(24)31-15-12-21-20-8-4-5-9-22(20)29-23(21)16-31/h1-10,17,29H,11-16H2. The van der Waals surface area contributed by atoms with E-state index in [0.717, 1.165) is 24.1 Å². The maximum atomic E-state index is 12.2. The summed E-state index contributed by atoms with van der Waals surface area (Å²) in [6.45, 7) is 2.47. The molecule has 8 heteroatoms. The molecule has 2 aliphatic rings. The second-order valence-electron chi connectivity index (χ2n) is 8.72. The maximum absolute atomic E-state index is 12.2. The van der Waals surface area contributed by atoms with Crippen LogP contribution in [0.25, 0.3) is 16.5 Å². The smallest absolute Gasteiger partial charge is 0.353 e. The fourth-order valence-electron chi connectivity index (χ4n) is 5.14. The largest absolute Gasteiger partial charge is 0.357 e. The van der Waals surface area contributed by atoms with E-state index in [1.165, 1.54) is 28.4 Å². The number of hydrogen-bond donors (Lipinski definition) is 1. The van der Waals surface area contributed by atoms with E-state index in [1.54, 1.807) is 0 Å². The molecule has 34 heavy (non-hydrogen) atoms. The molecule has 0 atom stereocenters. The molecule has 0 amide bonds. The summed E-state index contributed by atoms with van der Waals surface area (Å²) in [6.07, 6.45) is 5.21. The number of nitrogens with zero attached hydrogens (tertiary/aromatic N) is 5. The van der Waals surface area contributed by atoms with Gasteiger partial charge in [0.1, 0.15) is 6.33 Å². The van der Waals surface area contributed by atoms with E-state index in [1.807, 2.05) is 40.1 Å². The van der Waals surface area contributed by atoms with Crippen LogP contribution in [0.15, 0.2) is 67.0 Å². The van der Waals surface area contributed by atoms with E-state index < -0.39 is 0 Å². The third kappa shape index (κ3) is 3.48. The lowest BCUT2D eigenvalue weighted by Gasteiger charge is -2.30. The Kier molecular flexibility index (Phi) is 4.98. The minimum absolute atomic E-state index is 0.0152. The Morgan fingerprint density at radius 3 is 2.41 bits per heavy atom. The van der Waals surface area contributed by atoms with Crippen molar-refractivity contribution in [3.63, 3.8) is 0 Å². The van der Waals surface area contributed by atoms with Crippen molar-refractivity contribution in [1.29, 1.82) is 0 Å². The van der Waals surface area contributed by atoms with Gasteiger partial charge in [0.25, 0.3) is 0 Å². The highest BCUT2D eigenvalue weighted by atomic mass is 16.6. The molecule has 2 aromatic carbocycles. The average Bonchev–Trinajstić information content (AvgIpc) is 3.26. The lowest BCUT2D eigenvalue weighted by molar-refractivity contribution is -0.383. The molecular weight excluding hydrogens is 428 g/mol. The molecule has 0 fully saturated rings. The lowest BCUT2D eigenvalue weighted by Crippen LogP contribution is -2.33. The van der Waals surface area contributed by atoms with Crippen molar-refractivity contribution < 1.29 is 4.92 Å². The number of rotatable bonds is 4. The van der Waals surface area contributed by atoms with Gasteiger partial charge in [-0.3, -0.25) is 10.1 Å². The van der Waals surface area contributed by atoms with Crippen molar-refractivity contribution >= 4 is 33.8 Å². The van der Waals surface area contributed by atoms with E-state index >= 15 is 0 Å². The third-order valence-corrected chi connectivity index (χ3v) is 6.80. The summed E-state index contributed by atoms with van der Waals surface area (Å²) in [5.41, 5.74) is 5.92. The van der Waals surface area contributed by atoms with Crippen molar-refractivity contribution in [2.75, 3.05) is 29.4 Å². The van der Waals surface area contributed by atoms with Gasteiger partial charge >= 0.3 is 5.69 Å².